The first kappa shape index (κ1) is 14.9. The van der Waals surface area contributed by atoms with Crippen LogP contribution in [0.4, 0.5) is 5.82 Å². The van der Waals surface area contributed by atoms with Gasteiger partial charge in [-0.3, -0.25) is 0 Å². The second kappa shape index (κ2) is 6.30. The fourth-order valence-corrected chi connectivity index (χ4v) is 3.63. The summed E-state index contributed by atoms with van der Waals surface area (Å²) in [5.41, 5.74) is 3.60. The Bertz CT molecular complexity index is 564. The molecule has 0 amide bonds. The first-order chi connectivity index (χ1) is 8.99. The van der Waals surface area contributed by atoms with Crippen molar-refractivity contribution in [2.45, 2.75) is 20.3 Å². The van der Waals surface area contributed by atoms with Crippen molar-refractivity contribution < 1.29 is 0 Å². The summed E-state index contributed by atoms with van der Waals surface area (Å²) in [5.74, 6) is 7.35. The Balaban J connectivity index is 2.44. The quantitative estimate of drug-likeness (QED) is 0.590. The molecule has 0 aromatic carbocycles. The van der Waals surface area contributed by atoms with Crippen molar-refractivity contribution in [3.8, 4) is 10.7 Å². The number of nitrogens with two attached hydrogens (primary N) is 1. The Morgan fingerprint density at radius 3 is 2.58 bits per heavy atom. The summed E-state index contributed by atoms with van der Waals surface area (Å²) in [6.45, 7) is 4.32. The van der Waals surface area contributed by atoms with E-state index in [1.165, 1.54) is 0 Å². The molecule has 0 aliphatic heterocycles. The summed E-state index contributed by atoms with van der Waals surface area (Å²) >= 11 is 8.55. The van der Waals surface area contributed by atoms with Crippen LogP contribution in [0.5, 0.6) is 0 Å². The van der Waals surface area contributed by atoms with Crippen LogP contribution in [0.25, 0.3) is 10.7 Å². The van der Waals surface area contributed by atoms with Gasteiger partial charge in [0.05, 0.1) is 8.66 Å². The molecule has 4 nitrogen and oxygen atoms in total. The molecule has 0 saturated carbocycles. The lowest BCUT2D eigenvalue weighted by Gasteiger charge is -2.08. The van der Waals surface area contributed by atoms with Crippen LogP contribution in [0.2, 0.25) is 0 Å². The van der Waals surface area contributed by atoms with E-state index in [2.05, 4.69) is 61.1 Å². The summed E-state index contributed by atoms with van der Waals surface area (Å²) in [6, 6.07) is 3.89. The van der Waals surface area contributed by atoms with Gasteiger partial charge >= 0.3 is 0 Å². The number of nitrogens with zero attached hydrogens (tertiary/aromatic N) is 2. The molecule has 7 heteroatoms. The predicted molar refractivity (Wildman–Crippen MR) is 87.1 cm³/mol. The molecule has 0 spiro atoms. The van der Waals surface area contributed by atoms with Crippen LogP contribution in [0.3, 0.4) is 0 Å². The second-order valence-corrected chi connectivity index (χ2v) is 7.77. The molecule has 0 saturated heterocycles. The topological polar surface area (TPSA) is 63.8 Å². The largest absolute Gasteiger partial charge is 0.308 e. The molecular formula is C12H14Br2N4S. The van der Waals surface area contributed by atoms with Crippen LogP contribution >= 0.6 is 43.2 Å². The van der Waals surface area contributed by atoms with Gasteiger partial charge in [-0.05, 0) is 50.3 Å². The van der Waals surface area contributed by atoms with Gasteiger partial charge in [-0.25, -0.2) is 15.8 Å². The van der Waals surface area contributed by atoms with Crippen molar-refractivity contribution in [2.24, 2.45) is 11.8 Å². The molecule has 2 rings (SSSR count). The fourth-order valence-electron chi connectivity index (χ4n) is 1.66. The van der Waals surface area contributed by atoms with Crippen molar-refractivity contribution in [1.29, 1.82) is 0 Å². The molecule has 19 heavy (non-hydrogen) atoms. The Hall–Kier alpha value is -0.500. The van der Waals surface area contributed by atoms with Crippen LogP contribution in [0, 0.1) is 5.92 Å². The van der Waals surface area contributed by atoms with E-state index < -0.39 is 0 Å². The molecule has 3 N–H and O–H groups in total. The molecule has 0 unspecified atom stereocenters. The highest BCUT2D eigenvalue weighted by molar-refractivity contribution is 9.13. The number of hydrogen-bond donors (Lipinski definition) is 2. The Kier molecular flexibility index (Phi) is 4.94. The standard InChI is InChI=1S/C12H14Br2N4S/c1-6(2)3-7-4-10(18-15)17-12(16-7)9-5-8(13)11(14)19-9/h4-6H,3,15H2,1-2H3,(H,16,17,18). The maximum absolute atomic E-state index is 5.48. The predicted octanol–water partition coefficient (Wildman–Crippen LogP) is 4.21. The van der Waals surface area contributed by atoms with Crippen LogP contribution in [0.15, 0.2) is 20.4 Å². The second-order valence-electron chi connectivity index (χ2n) is 4.54. The molecule has 2 heterocycles. The molecule has 0 bridgehead atoms. The van der Waals surface area contributed by atoms with Crippen molar-refractivity contribution in [1.82, 2.24) is 9.97 Å². The summed E-state index contributed by atoms with van der Waals surface area (Å²) < 4.78 is 2.04. The van der Waals surface area contributed by atoms with Gasteiger partial charge in [0.2, 0.25) is 0 Å². The van der Waals surface area contributed by atoms with Gasteiger partial charge in [0, 0.05) is 16.2 Å². The minimum atomic E-state index is 0.537. The highest BCUT2D eigenvalue weighted by Crippen LogP contribution is 2.37. The monoisotopic (exact) mass is 404 g/mol. The molecule has 2 aromatic rings. The van der Waals surface area contributed by atoms with Crippen molar-refractivity contribution in [3.05, 3.63) is 26.1 Å². The molecule has 0 fully saturated rings. The average Bonchev–Trinajstić information content (AvgIpc) is 2.68. The van der Waals surface area contributed by atoms with Crippen molar-refractivity contribution >= 4 is 49.0 Å². The van der Waals surface area contributed by atoms with E-state index in [0.29, 0.717) is 17.6 Å². The van der Waals surface area contributed by atoms with Crippen molar-refractivity contribution in [3.63, 3.8) is 0 Å². The van der Waals surface area contributed by atoms with Gasteiger partial charge in [-0.1, -0.05) is 13.8 Å². The number of nitrogen functional groups attached to an aromatic ring is 1. The number of hydrazine groups is 1. The van der Waals surface area contributed by atoms with E-state index >= 15 is 0 Å². The minimum Gasteiger partial charge on any atom is -0.308 e. The third-order valence-corrected chi connectivity index (χ3v) is 5.66. The van der Waals surface area contributed by atoms with Crippen LogP contribution in [-0.2, 0) is 6.42 Å². The SMILES string of the molecule is CC(C)Cc1cc(NN)nc(-c2cc(Br)c(Br)s2)n1. The molecule has 0 radical (unpaired) electrons. The highest BCUT2D eigenvalue weighted by atomic mass is 79.9. The molecule has 0 aliphatic carbocycles. The third-order valence-electron chi connectivity index (χ3n) is 2.41. The van der Waals surface area contributed by atoms with E-state index in [1.807, 2.05) is 12.1 Å². The number of anilines is 1. The number of nitrogens with one attached hydrogen (secondary N) is 1. The zero-order valence-corrected chi connectivity index (χ0v) is 14.6. The zero-order chi connectivity index (χ0) is 14.0. The number of thiophene rings is 1. The zero-order valence-electron chi connectivity index (χ0n) is 10.6. The molecule has 0 atom stereocenters. The van der Waals surface area contributed by atoms with Crippen molar-refractivity contribution in [2.75, 3.05) is 5.43 Å². The lowest BCUT2D eigenvalue weighted by atomic mass is 10.1. The average molecular weight is 406 g/mol. The van der Waals surface area contributed by atoms with Gasteiger partial charge in [0.15, 0.2) is 5.82 Å². The highest BCUT2D eigenvalue weighted by Gasteiger charge is 2.12. The van der Waals surface area contributed by atoms with Gasteiger partial charge in [0.25, 0.3) is 0 Å². The number of aromatic nitrogens is 2. The van der Waals surface area contributed by atoms with Gasteiger partial charge in [0.1, 0.15) is 5.82 Å². The maximum atomic E-state index is 5.48. The van der Waals surface area contributed by atoms with E-state index in [-0.39, 0.29) is 0 Å². The van der Waals surface area contributed by atoms with Gasteiger partial charge in [-0.2, -0.15) is 0 Å². The van der Waals surface area contributed by atoms with Gasteiger partial charge in [-0.15, -0.1) is 11.3 Å². The number of rotatable bonds is 4. The normalized spacial score (nSPS) is 11.1. The summed E-state index contributed by atoms with van der Waals surface area (Å²) in [5, 5.41) is 0. The van der Waals surface area contributed by atoms with Crippen LogP contribution in [-0.4, -0.2) is 9.97 Å². The Morgan fingerprint density at radius 2 is 2.05 bits per heavy atom. The molecule has 102 valence electrons. The fraction of sp³-hybridized carbons (Fsp3) is 0.333. The summed E-state index contributed by atoms with van der Waals surface area (Å²) in [7, 11) is 0. The van der Waals surface area contributed by atoms with Gasteiger partial charge < -0.3 is 5.43 Å². The maximum Gasteiger partial charge on any atom is 0.171 e. The Morgan fingerprint density at radius 1 is 1.32 bits per heavy atom. The molecule has 0 aliphatic rings. The van der Waals surface area contributed by atoms with E-state index in [0.717, 1.165) is 25.3 Å². The van der Waals surface area contributed by atoms with Crippen LogP contribution < -0.4 is 11.3 Å². The lowest BCUT2D eigenvalue weighted by molar-refractivity contribution is 0.635. The third kappa shape index (κ3) is 3.75. The molecular weight excluding hydrogens is 392 g/mol. The lowest BCUT2D eigenvalue weighted by Crippen LogP contribution is -2.11. The molecule has 2 aromatic heterocycles. The smallest absolute Gasteiger partial charge is 0.171 e. The number of hydrogen-bond acceptors (Lipinski definition) is 5. The van der Waals surface area contributed by atoms with E-state index in [4.69, 9.17) is 5.84 Å². The summed E-state index contributed by atoms with van der Waals surface area (Å²) in [6.07, 6.45) is 0.901. The first-order valence-corrected chi connectivity index (χ1v) is 8.19. The first-order valence-electron chi connectivity index (χ1n) is 5.79. The van der Waals surface area contributed by atoms with E-state index in [9.17, 15) is 0 Å². The summed E-state index contributed by atoms with van der Waals surface area (Å²) in [4.78, 5) is 10.0. The van der Waals surface area contributed by atoms with E-state index in [1.54, 1.807) is 11.3 Å². The van der Waals surface area contributed by atoms with Crippen LogP contribution in [0.1, 0.15) is 19.5 Å². The minimum absolute atomic E-state index is 0.537. The Labute approximate surface area is 133 Å². The number of halogens is 2.